The third-order valence-corrected chi connectivity index (χ3v) is 8.01. The molecule has 0 spiro atoms. The molecular weight excluding hydrogens is 598 g/mol. The van der Waals surface area contributed by atoms with Crippen LogP contribution >= 0.6 is 58.2 Å². The molecule has 0 aliphatic carbocycles. The summed E-state index contributed by atoms with van der Waals surface area (Å²) in [7, 11) is 1.25. The third-order valence-electron chi connectivity index (χ3n) is 5.09. The van der Waals surface area contributed by atoms with Crippen molar-refractivity contribution < 1.29 is 29.0 Å². The molecule has 198 valence electrons. The summed E-state index contributed by atoms with van der Waals surface area (Å²) in [5.41, 5.74) is -0.135. The molecule has 0 aliphatic heterocycles. The van der Waals surface area contributed by atoms with E-state index in [1.165, 1.54) is 18.9 Å². The lowest BCUT2D eigenvalue weighted by atomic mass is 10.1. The minimum absolute atomic E-state index is 0.232. The summed E-state index contributed by atoms with van der Waals surface area (Å²) in [6.45, 7) is 1.69. The van der Waals surface area contributed by atoms with Crippen LogP contribution in [-0.4, -0.2) is 41.2 Å². The van der Waals surface area contributed by atoms with E-state index >= 15 is 0 Å². The van der Waals surface area contributed by atoms with Gasteiger partial charge in [-0.2, -0.15) is 0 Å². The number of hydrogen-bond donors (Lipinski definition) is 3. The molecule has 0 saturated heterocycles. The van der Waals surface area contributed by atoms with E-state index in [1.807, 2.05) is 0 Å². The topological polar surface area (TPSA) is 122 Å². The number of nitrogens with one attached hydrogen (secondary N) is 2. The monoisotopic (exact) mass is 614 g/mol. The van der Waals surface area contributed by atoms with E-state index < -0.39 is 39.2 Å². The predicted octanol–water partition coefficient (Wildman–Crippen LogP) is 7.16. The SMILES string of the molecule is COC(=O)c1ccccc1NC(=O)C(C)Sc1ccc(NC(=O)c2c(Cl)c(Cl)c(Cl)c(Cl)c2C(=O)O)cc1. The van der Waals surface area contributed by atoms with Crippen molar-refractivity contribution >= 4 is 93.3 Å². The Kier molecular flexibility index (Phi) is 9.92. The van der Waals surface area contributed by atoms with E-state index in [0.717, 1.165) is 0 Å². The highest BCUT2D eigenvalue weighted by Gasteiger charge is 2.29. The number of para-hydroxylation sites is 1. The number of aromatic carboxylic acids is 1. The maximum atomic E-state index is 12.9. The summed E-state index contributed by atoms with van der Waals surface area (Å²) < 4.78 is 4.74. The van der Waals surface area contributed by atoms with Gasteiger partial charge in [-0.1, -0.05) is 58.5 Å². The zero-order valence-corrected chi connectivity index (χ0v) is 23.4. The first-order chi connectivity index (χ1) is 18.0. The van der Waals surface area contributed by atoms with Crippen molar-refractivity contribution in [3.05, 3.63) is 85.3 Å². The van der Waals surface area contributed by atoms with E-state index in [1.54, 1.807) is 55.5 Å². The Bertz CT molecular complexity index is 1430. The highest BCUT2D eigenvalue weighted by molar-refractivity contribution is 8.00. The Balaban J connectivity index is 1.72. The molecule has 8 nitrogen and oxygen atoms in total. The first-order valence-corrected chi connectivity index (χ1v) is 13.0. The predicted molar refractivity (Wildman–Crippen MR) is 150 cm³/mol. The zero-order valence-electron chi connectivity index (χ0n) is 19.6. The molecule has 3 aromatic rings. The molecule has 0 aliphatic rings. The van der Waals surface area contributed by atoms with Crippen molar-refractivity contribution in [2.75, 3.05) is 17.7 Å². The van der Waals surface area contributed by atoms with Gasteiger partial charge in [0.05, 0.1) is 54.8 Å². The van der Waals surface area contributed by atoms with Gasteiger partial charge in [0.15, 0.2) is 0 Å². The summed E-state index contributed by atoms with van der Waals surface area (Å²) >= 11 is 25.3. The molecule has 1 unspecified atom stereocenters. The van der Waals surface area contributed by atoms with Gasteiger partial charge < -0.3 is 20.5 Å². The van der Waals surface area contributed by atoms with Crippen molar-refractivity contribution in [2.45, 2.75) is 17.1 Å². The number of rotatable bonds is 8. The summed E-state index contributed by atoms with van der Waals surface area (Å²) in [6, 6.07) is 12.9. The van der Waals surface area contributed by atoms with Crippen molar-refractivity contribution in [1.29, 1.82) is 0 Å². The highest BCUT2D eigenvalue weighted by atomic mass is 35.5. The van der Waals surface area contributed by atoms with Crippen LogP contribution < -0.4 is 10.6 Å². The fourth-order valence-electron chi connectivity index (χ4n) is 3.23. The van der Waals surface area contributed by atoms with Crippen molar-refractivity contribution in [3.8, 4) is 0 Å². The Morgan fingerprint density at radius 3 is 2.00 bits per heavy atom. The zero-order chi connectivity index (χ0) is 28.1. The Morgan fingerprint density at radius 2 is 1.42 bits per heavy atom. The fraction of sp³-hybridized carbons (Fsp3) is 0.120. The average molecular weight is 616 g/mol. The molecule has 3 N–H and O–H groups in total. The minimum Gasteiger partial charge on any atom is -0.478 e. The maximum absolute atomic E-state index is 12.9. The molecule has 38 heavy (non-hydrogen) atoms. The molecule has 13 heteroatoms. The molecule has 0 aromatic heterocycles. The van der Waals surface area contributed by atoms with Crippen molar-refractivity contribution in [3.63, 3.8) is 0 Å². The van der Waals surface area contributed by atoms with Crippen LogP contribution in [0.3, 0.4) is 0 Å². The van der Waals surface area contributed by atoms with Gasteiger partial charge in [-0.15, -0.1) is 11.8 Å². The number of carboxylic acids is 1. The summed E-state index contributed by atoms with van der Waals surface area (Å²) in [5.74, 6) is -3.27. The second kappa shape index (κ2) is 12.7. The van der Waals surface area contributed by atoms with Crippen molar-refractivity contribution in [2.24, 2.45) is 0 Å². The van der Waals surface area contributed by atoms with Crippen LogP contribution in [0.15, 0.2) is 53.4 Å². The number of carbonyl (C=O) groups excluding carboxylic acids is 3. The lowest BCUT2D eigenvalue weighted by molar-refractivity contribution is -0.115. The molecule has 0 fully saturated rings. The quantitative estimate of drug-likeness (QED) is 0.106. The average Bonchev–Trinajstić information content (AvgIpc) is 2.89. The fourth-order valence-corrected chi connectivity index (χ4v) is 5.11. The van der Waals surface area contributed by atoms with Crippen LogP contribution in [-0.2, 0) is 9.53 Å². The van der Waals surface area contributed by atoms with E-state index in [-0.39, 0.29) is 26.5 Å². The molecule has 0 heterocycles. The number of methoxy groups -OCH3 is 1. The summed E-state index contributed by atoms with van der Waals surface area (Å²) in [4.78, 5) is 50.0. The summed E-state index contributed by atoms with van der Waals surface area (Å²) in [5, 5.41) is 13.0. The Labute approximate surface area is 241 Å². The number of carbonyl (C=O) groups is 4. The molecule has 3 rings (SSSR count). The largest absolute Gasteiger partial charge is 0.478 e. The van der Waals surface area contributed by atoms with Crippen LogP contribution in [0.5, 0.6) is 0 Å². The number of esters is 1. The first-order valence-electron chi connectivity index (χ1n) is 10.6. The van der Waals surface area contributed by atoms with Crippen LogP contribution in [0.1, 0.15) is 38.0 Å². The van der Waals surface area contributed by atoms with E-state index in [9.17, 15) is 24.3 Å². The van der Waals surface area contributed by atoms with Gasteiger partial charge in [0.2, 0.25) is 5.91 Å². The minimum atomic E-state index is -1.51. The maximum Gasteiger partial charge on any atom is 0.339 e. The van der Waals surface area contributed by atoms with Gasteiger partial charge in [0.1, 0.15) is 0 Å². The van der Waals surface area contributed by atoms with Crippen LogP contribution in [0, 0.1) is 0 Å². The number of amides is 2. The summed E-state index contributed by atoms with van der Waals surface area (Å²) in [6.07, 6.45) is 0. The number of halogens is 4. The third kappa shape index (κ3) is 6.54. The standard InChI is InChI=1S/C25H18Cl4N2O6S/c1-11(22(32)31-15-6-4-3-5-14(15)25(36)37-2)38-13-9-7-12(8-10-13)30-23(33)16-17(24(34)35)19(27)21(29)20(28)18(16)26/h3-11H,1-2H3,(H,30,33)(H,31,32)(H,34,35). The normalized spacial score (nSPS) is 11.4. The number of thioether (sulfide) groups is 1. The number of ether oxygens (including phenoxy) is 1. The van der Waals surface area contributed by atoms with Gasteiger partial charge in [0, 0.05) is 10.6 Å². The van der Waals surface area contributed by atoms with E-state index in [2.05, 4.69) is 10.6 Å². The second-order valence-electron chi connectivity index (χ2n) is 7.58. The van der Waals surface area contributed by atoms with E-state index in [0.29, 0.717) is 16.3 Å². The first kappa shape index (κ1) is 29.6. The van der Waals surface area contributed by atoms with Gasteiger partial charge in [-0.3, -0.25) is 9.59 Å². The molecule has 0 radical (unpaired) electrons. The van der Waals surface area contributed by atoms with Gasteiger partial charge in [0.25, 0.3) is 5.91 Å². The van der Waals surface area contributed by atoms with Crippen LogP contribution in [0.4, 0.5) is 11.4 Å². The second-order valence-corrected chi connectivity index (χ2v) is 10.5. The van der Waals surface area contributed by atoms with Crippen molar-refractivity contribution in [1.82, 2.24) is 0 Å². The number of anilines is 2. The number of benzene rings is 3. The highest BCUT2D eigenvalue weighted by Crippen LogP contribution is 2.42. The smallest absolute Gasteiger partial charge is 0.339 e. The van der Waals surface area contributed by atoms with Gasteiger partial charge in [-0.05, 0) is 43.3 Å². The lowest BCUT2D eigenvalue weighted by Gasteiger charge is -2.15. The van der Waals surface area contributed by atoms with Gasteiger partial charge in [-0.25, -0.2) is 9.59 Å². The molecule has 0 saturated carbocycles. The molecular formula is C25H18Cl4N2O6S. The molecule has 2 amide bonds. The molecule has 3 aromatic carbocycles. The number of carboxylic acid groups (broad SMARTS) is 1. The lowest BCUT2D eigenvalue weighted by Crippen LogP contribution is -2.23. The Morgan fingerprint density at radius 1 is 0.842 bits per heavy atom. The molecule has 0 bridgehead atoms. The van der Waals surface area contributed by atoms with Gasteiger partial charge >= 0.3 is 11.9 Å². The van der Waals surface area contributed by atoms with E-state index in [4.69, 9.17) is 51.1 Å². The number of hydrogen-bond acceptors (Lipinski definition) is 6. The van der Waals surface area contributed by atoms with Crippen LogP contribution in [0.25, 0.3) is 0 Å². The van der Waals surface area contributed by atoms with Crippen LogP contribution in [0.2, 0.25) is 20.1 Å². The Hall–Kier alpha value is -2.95. The molecule has 1 atom stereocenters.